The fourth-order valence-corrected chi connectivity index (χ4v) is 3.20. The number of fused-ring (bicyclic) bond motifs is 1. The van der Waals surface area contributed by atoms with E-state index in [2.05, 4.69) is 10.6 Å². The Bertz CT molecular complexity index is 595. The molecular weight excluding hydrogens is 290 g/mol. The second kappa shape index (κ2) is 5.66. The lowest BCUT2D eigenvalue weighted by atomic mass is 9.91. The SMILES string of the molecule is N[C@H]1CC[C@H](NC(=O)c2cc3c(cc2Cl)NC(=O)C3)CC1. The van der Waals surface area contributed by atoms with Gasteiger partial charge in [0.05, 0.1) is 17.0 Å². The minimum Gasteiger partial charge on any atom is -0.349 e. The number of rotatable bonds is 2. The Balaban J connectivity index is 1.73. The lowest BCUT2D eigenvalue weighted by Crippen LogP contribution is -2.40. The highest BCUT2D eigenvalue weighted by atomic mass is 35.5. The second-order valence-corrected chi connectivity index (χ2v) is 6.21. The van der Waals surface area contributed by atoms with Gasteiger partial charge in [-0.2, -0.15) is 0 Å². The zero-order chi connectivity index (χ0) is 15.0. The summed E-state index contributed by atoms with van der Waals surface area (Å²) in [5.41, 5.74) is 7.82. The maximum absolute atomic E-state index is 12.4. The molecule has 2 aliphatic rings. The number of nitrogens with two attached hydrogens (primary N) is 1. The molecule has 1 heterocycles. The molecule has 3 rings (SSSR count). The first kappa shape index (κ1) is 14.4. The van der Waals surface area contributed by atoms with E-state index in [0.29, 0.717) is 22.7 Å². The predicted octanol–water partition coefficient (Wildman–Crippen LogP) is 1.83. The van der Waals surface area contributed by atoms with E-state index in [1.165, 1.54) is 0 Å². The summed E-state index contributed by atoms with van der Waals surface area (Å²) < 4.78 is 0. The minimum atomic E-state index is -0.178. The summed E-state index contributed by atoms with van der Waals surface area (Å²) in [6.07, 6.45) is 3.96. The molecule has 21 heavy (non-hydrogen) atoms. The van der Waals surface area contributed by atoms with Crippen molar-refractivity contribution in [3.63, 3.8) is 0 Å². The van der Waals surface area contributed by atoms with Crippen LogP contribution in [0.15, 0.2) is 12.1 Å². The number of hydrogen-bond donors (Lipinski definition) is 3. The van der Waals surface area contributed by atoms with E-state index in [4.69, 9.17) is 17.3 Å². The van der Waals surface area contributed by atoms with Gasteiger partial charge in [0.25, 0.3) is 5.91 Å². The number of carbonyl (C=O) groups excluding carboxylic acids is 2. The highest BCUT2D eigenvalue weighted by Crippen LogP contribution is 2.30. The van der Waals surface area contributed by atoms with Crippen LogP contribution in [-0.4, -0.2) is 23.9 Å². The van der Waals surface area contributed by atoms with Gasteiger partial charge < -0.3 is 16.4 Å². The summed E-state index contributed by atoms with van der Waals surface area (Å²) in [6, 6.07) is 3.76. The van der Waals surface area contributed by atoms with Gasteiger partial charge >= 0.3 is 0 Å². The van der Waals surface area contributed by atoms with Gasteiger partial charge in [0, 0.05) is 17.8 Å². The van der Waals surface area contributed by atoms with Crippen molar-refractivity contribution < 1.29 is 9.59 Å². The van der Waals surface area contributed by atoms with E-state index in [0.717, 1.165) is 31.2 Å². The normalized spacial score (nSPS) is 24.4. The van der Waals surface area contributed by atoms with Crippen molar-refractivity contribution in [3.05, 3.63) is 28.3 Å². The average Bonchev–Trinajstić information content (AvgIpc) is 2.79. The third-order valence-electron chi connectivity index (χ3n) is 4.17. The molecule has 1 aliphatic heterocycles. The van der Waals surface area contributed by atoms with Crippen molar-refractivity contribution in [2.75, 3.05) is 5.32 Å². The fourth-order valence-electron chi connectivity index (χ4n) is 2.95. The molecule has 4 N–H and O–H groups in total. The summed E-state index contributed by atoms with van der Waals surface area (Å²) in [6.45, 7) is 0. The Kier molecular flexibility index (Phi) is 3.87. The lowest BCUT2D eigenvalue weighted by molar-refractivity contribution is -0.115. The van der Waals surface area contributed by atoms with E-state index in [-0.39, 0.29) is 23.9 Å². The molecule has 0 saturated heterocycles. The van der Waals surface area contributed by atoms with Crippen LogP contribution in [0.5, 0.6) is 0 Å². The van der Waals surface area contributed by atoms with Crippen molar-refractivity contribution in [1.82, 2.24) is 5.32 Å². The summed E-state index contributed by atoms with van der Waals surface area (Å²) in [4.78, 5) is 23.7. The molecular formula is C15H18ClN3O2. The van der Waals surface area contributed by atoms with Crippen LogP contribution in [0.3, 0.4) is 0 Å². The minimum absolute atomic E-state index is 0.0695. The Morgan fingerprint density at radius 2 is 2.00 bits per heavy atom. The van der Waals surface area contributed by atoms with E-state index in [9.17, 15) is 9.59 Å². The van der Waals surface area contributed by atoms with Crippen LogP contribution >= 0.6 is 11.6 Å². The first-order valence-corrected chi connectivity index (χ1v) is 7.59. The van der Waals surface area contributed by atoms with Crippen LogP contribution in [0.1, 0.15) is 41.6 Å². The molecule has 6 heteroatoms. The number of anilines is 1. The number of nitrogens with one attached hydrogen (secondary N) is 2. The van der Waals surface area contributed by atoms with E-state index in [1.807, 2.05) is 0 Å². The largest absolute Gasteiger partial charge is 0.349 e. The number of halogens is 1. The van der Waals surface area contributed by atoms with E-state index < -0.39 is 0 Å². The smallest absolute Gasteiger partial charge is 0.253 e. The molecule has 0 bridgehead atoms. The second-order valence-electron chi connectivity index (χ2n) is 5.80. The van der Waals surface area contributed by atoms with E-state index in [1.54, 1.807) is 12.1 Å². The highest BCUT2D eigenvalue weighted by molar-refractivity contribution is 6.34. The van der Waals surface area contributed by atoms with Gasteiger partial charge in [0.15, 0.2) is 0 Å². The monoisotopic (exact) mass is 307 g/mol. The number of hydrogen-bond acceptors (Lipinski definition) is 3. The average molecular weight is 308 g/mol. The molecule has 1 aliphatic carbocycles. The van der Waals surface area contributed by atoms with Crippen molar-refractivity contribution in [3.8, 4) is 0 Å². The number of amides is 2. The Labute approximate surface area is 128 Å². The Morgan fingerprint density at radius 1 is 1.29 bits per heavy atom. The summed E-state index contributed by atoms with van der Waals surface area (Å²) in [5.74, 6) is -0.248. The van der Waals surface area contributed by atoms with Crippen molar-refractivity contribution in [2.45, 2.75) is 44.2 Å². The van der Waals surface area contributed by atoms with Gasteiger partial charge in [-0.1, -0.05) is 11.6 Å². The van der Waals surface area contributed by atoms with Crippen LogP contribution in [0.4, 0.5) is 5.69 Å². The molecule has 112 valence electrons. The fraction of sp³-hybridized carbons (Fsp3) is 0.467. The van der Waals surface area contributed by atoms with Gasteiger partial charge in [-0.25, -0.2) is 0 Å². The zero-order valence-corrected chi connectivity index (χ0v) is 12.4. The third kappa shape index (κ3) is 3.04. The predicted molar refractivity (Wildman–Crippen MR) is 81.5 cm³/mol. The number of benzene rings is 1. The third-order valence-corrected chi connectivity index (χ3v) is 4.48. The molecule has 0 aromatic heterocycles. The number of carbonyl (C=O) groups is 2. The summed E-state index contributed by atoms with van der Waals surface area (Å²) in [5, 5.41) is 6.10. The van der Waals surface area contributed by atoms with E-state index >= 15 is 0 Å². The topological polar surface area (TPSA) is 84.2 Å². The maximum atomic E-state index is 12.4. The van der Waals surface area contributed by atoms with Gasteiger partial charge in [0.2, 0.25) is 5.91 Å². The van der Waals surface area contributed by atoms with Crippen molar-refractivity contribution >= 4 is 29.1 Å². The highest BCUT2D eigenvalue weighted by Gasteiger charge is 2.24. The summed E-state index contributed by atoms with van der Waals surface area (Å²) in [7, 11) is 0. The first-order chi connectivity index (χ1) is 10.0. The summed E-state index contributed by atoms with van der Waals surface area (Å²) >= 11 is 6.16. The van der Waals surface area contributed by atoms with Gasteiger partial charge in [0.1, 0.15) is 0 Å². The van der Waals surface area contributed by atoms with Gasteiger partial charge in [-0.3, -0.25) is 9.59 Å². The Hall–Kier alpha value is -1.59. The van der Waals surface area contributed by atoms with Crippen LogP contribution in [-0.2, 0) is 11.2 Å². The Morgan fingerprint density at radius 3 is 2.71 bits per heavy atom. The molecule has 0 atom stereocenters. The first-order valence-electron chi connectivity index (χ1n) is 7.21. The van der Waals surface area contributed by atoms with Crippen molar-refractivity contribution in [1.29, 1.82) is 0 Å². The van der Waals surface area contributed by atoms with Crippen LogP contribution in [0, 0.1) is 0 Å². The van der Waals surface area contributed by atoms with Crippen molar-refractivity contribution in [2.24, 2.45) is 5.73 Å². The van der Waals surface area contributed by atoms with Gasteiger partial charge in [-0.05, 0) is 43.4 Å². The quantitative estimate of drug-likeness (QED) is 0.779. The van der Waals surface area contributed by atoms with Crippen LogP contribution < -0.4 is 16.4 Å². The molecule has 0 spiro atoms. The molecule has 1 fully saturated rings. The molecule has 1 aromatic carbocycles. The molecule has 5 nitrogen and oxygen atoms in total. The molecule has 0 unspecified atom stereocenters. The zero-order valence-electron chi connectivity index (χ0n) is 11.6. The molecule has 2 amide bonds. The molecule has 0 radical (unpaired) electrons. The lowest BCUT2D eigenvalue weighted by Gasteiger charge is -2.27. The van der Waals surface area contributed by atoms with Crippen LogP contribution in [0.2, 0.25) is 5.02 Å². The standard InChI is InChI=1S/C15H18ClN3O2/c16-12-7-13-8(6-14(20)19-13)5-11(12)15(21)18-10-3-1-9(17)2-4-10/h5,7,9-10H,1-4,6,17H2,(H,18,21)(H,19,20)/t9-,10-. The molecule has 1 saturated carbocycles. The van der Waals surface area contributed by atoms with Gasteiger partial charge in [-0.15, -0.1) is 0 Å². The van der Waals surface area contributed by atoms with Crippen LogP contribution in [0.25, 0.3) is 0 Å². The maximum Gasteiger partial charge on any atom is 0.253 e. The molecule has 1 aromatic rings.